The summed E-state index contributed by atoms with van der Waals surface area (Å²) in [5.74, 6) is -0.302. The lowest BCUT2D eigenvalue weighted by Gasteiger charge is -2.11. The minimum Gasteiger partial charge on any atom is -0.549 e. The molecule has 1 amide bonds. The summed E-state index contributed by atoms with van der Waals surface area (Å²) < 4.78 is 5.30. The van der Waals surface area contributed by atoms with Gasteiger partial charge in [-0.2, -0.15) is 16.9 Å². The van der Waals surface area contributed by atoms with Crippen LogP contribution in [0.4, 0.5) is 0 Å². The van der Waals surface area contributed by atoms with Crippen molar-refractivity contribution in [3.05, 3.63) is 51.7 Å². The van der Waals surface area contributed by atoms with Crippen molar-refractivity contribution >= 4 is 40.7 Å². The van der Waals surface area contributed by atoms with Crippen molar-refractivity contribution in [3.8, 4) is 5.75 Å². The van der Waals surface area contributed by atoms with E-state index in [0.29, 0.717) is 22.1 Å². The number of hydrogen-bond donors (Lipinski definition) is 1. The molecule has 8 heteroatoms. The Bertz CT molecular complexity index is 773. The quantitative estimate of drug-likeness (QED) is 0.560. The van der Waals surface area contributed by atoms with Gasteiger partial charge in [0.2, 0.25) is 0 Å². The molecular weight excluding hydrogens is 360 g/mol. The van der Waals surface area contributed by atoms with Gasteiger partial charge < -0.3 is 14.6 Å². The van der Waals surface area contributed by atoms with Crippen molar-refractivity contribution in [2.75, 3.05) is 12.9 Å². The zero-order valence-electron chi connectivity index (χ0n) is 13.8. The van der Waals surface area contributed by atoms with E-state index in [2.05, 4.69) is 10.5 Å². The molecule has 0 saturated carbocycles. The number of thioether (sulfide) groups is 1. The molecule has 0 aliphatic heterocycles. The van der Waals surface area contributed by atoms with E-state index in [-0.39, 0.29) is 11.7 Å². The number of carbonyl (C=O) groups excluding carboxylic acids is 2. The molecule has 1 aromatic carbocycles. The van der Waals surface area contributed by atoms with Crippen molar-refractivity contribution in [3.63, 3.8) is 0 Å². The molecule has 0 spiro atoms. The molecule has 2 rings (SSSR count). The van der Waals surface area contributed by atoms with Crippen LogP contribution in [-0.4, -0.2) is 30.5 Å². The molecule has 0 unspecified atom stereocenters. The van der Waals surface area contributed by atoms with Gasteiger partial charge in [0.25, 0.3) is 5.91 Å². The molecule has 1 aromatic heterocycles. The number of nitrogens with zero attached hydrogens (tertiary/aromatic N) is 1. The molecule has 0 bridgehead atoms. The summed E-state index contributed by atoms with van der Waals surface area (Å²) in [6, 6.07) is 9.03. The molecule has 25 heavy (non-hydrogen) atoms. The van der Waals surface area contributed by atoms with E-state index in [0.717, 1.165) is 11.1 Å². The third-order valence-electron chi connectivity index (χ3n) is 3.25. The van der Waals surface area contributed by atoms with Gasteiger partial charge in [0.05, 0.1) is 23.7 Å². The Kier molecular flexibility index (Phi) is 7.03. The zero-order chi connectivity index (χ0) is 18.2. The summed E-state index contributed by atoms with van der Waals surface area (Å²) in [7, 11) is 1.56. The van der Waals surface area contributed by atoms with Crippen LogP contribution in [0.1, 0.15) is 27.7 Å². The maximum atomic E-state index is 11.9. The van der Waals surface area contributed by atoms with Gasteiger partial charge in [0.1, 0.15) is 5.75 Å². The van der Waals surface area contributed by atoms with Crippen LogP contribution in [-0.2, 0) is 10.5 Å². The topological polar surface area (TPSA) is 90.8 Å². The Hall–Kier alpha value is -2.32. The van der Waals surface area contributed by atoms with Gasteiger partial charge >= 0.3 is 0 Å². The van der Waals surface area contributed by atoms with Crippen molar-refractivity contribution in [2.24, 2.45) is 5.10 Å². The zero-order valence-corrected chi connectivity index (χ0v) is 15.4. The van der Waals surface area contributed by atoms with E-state index in [1.807, 2.05) is 17.5 Å². The highest BCUT2D eigenvalue weighted by molar-refractivity contribution is 7.99. The van der Waals surface area contributed by atoms with Gasteiger partial charge in [-0.1, -0.05) is 6.07 Å². The van der Waals surface area contributed by atoms with Crippen LogP contribution < -0.4 is 15.3 Å². The van der Waals surface area contributed by atoms with E-state index in [1.165, 1.54) is 23.1 Å². The molecule has 0 aliphatic carbocycles. The van der Waals surface area contributed by atoms with Gasteiger partial charge in [0.15, 0.2) is 0 Å². The average molecular weight is 377 g/mol. The largest absolute Gasteiger partial charge is 0.549 e. The lowest BCUT2D eigenvalue weighted by Crippen LogP contribution is -2.24. The lowest BCUT2D eigenvalue weighted by atomic mass is 10.1. The Labute approximate surface area is 153 Å². The highest BCUT2D eigenvalue weighted by Crippen LogP contribution is 2.24. The normalized spacial score (nSPS) is 11.2. The van der Waals surface area contributed by atoms with E-state index < -0.39 is 5.97 Å². The Morgan fingerprint density at radius 3 is 2.80 bits per heavy atom. The first-order valence-electron chi connectivity index (χ1n) is 7.34. The number of methoxy groups -OCH3 is 1. The predicted molar refractivity (Wildman–Crippen MR) is 98.2 cm³/mol. The van der Waals surface area contributed by atoms with Gasteiger partial charge in [0, 0.05) is 17.1 Å². The molecule has 0 fully saturated rings. The second-order valence-electron chi connectivity index (χ2n) is 5.01. The Balaban J connectivity index is 2.10. The van der Waals surface area contributed by atoms with Crippen LogP contribution >= 0.6 is 23.1 Å². The van der Waals surface area contributed by atoms with Gasteiger partial charge in [-0.05, 0) is 42.1 Å². The van der Waals surface area contributed by atoms with Crippen molar-refractivity contribution < 1.29 is 19.4 Å². The maximum absolute atomic E-state index is 11.9. The summed E-state index contributed by atoms with van der Waals surface area (Å²) in [5.41, 5.74) is 4.83. The number of carbonyl (C=O) groups is 2. The van der Waals surface area contributed by atoms with Gasteiger partial charge in [-0.25, -0.2) is 5.43 Å². The fourth-order valence-electron chi connectivity index (χ4n) is 2.02. The monoisotopic (exact) mass is 377 g/mol. The number of benzene rings is 1. The number of nitrogens with one attached hydrogen (secondary N) is 1. The van der Waals surface area contributed by atoms with Crippen LogP contribution in [0, 0.1) is 0 Å². The average Bonchev–Trinajstić information content (AvgIpc) is 3.13. The maximum Gasteiger partial charge on any atom is 0.281 e. The molecule has 1 heterocycles. The first kappa shape index (κ1) is 19.0. The molecule has 0 saturated heterocycles. The fourth-order valence-corrected chi connectivity index (χ4v) is 3.35. The molecule has 132 valence electrons. The highest BCUT2D eigenvalue weighted by Gasteiger charge is 2.09. The number of carboxylic acid groups (broad SMARTS) is 1. The number of rotatable bonds is 8. The Morgan fingerprint density at radius 1 is 1.36 bits per heavy atom. The summed E-state index contributed by atoms with van der Waals surface area (Å²) in [6.45, 7) is 1.79. The molecule has 2 aromatic rings. The first-order chi connectivity index (χ1) is 12.0. The van der Waals surface area contributed by atoms with Crippen LogP contribution in [0.2, 0.25) is 0 Å². The predicted octanol–water partition coefficient (Wildman–Crippen LogP) is 1.89. The number of thiophene rings is 1. The van der Waals surface area contributed by atoms with E-state index in [9.17, 15) is 14.7 Å². The number of carboxylic acids is 1. The van der Waals surface area contributed by atoms with E-state index >= 15 is 0 Å². The van der Waals surface area contributed by atoms with E-state index in [4.69, 9.17) is 4.74 Å². The summed E-state index contributed by atoms with van der Waals surface area (Å²) in [4.78, 5) is 23.1. The molecule has 0 radical (unpaired) electrons. The summed E-state index contributed by atoms with van der Waals surface area (Å²) >= 11 is 2.57. The minimum absolute atomic E-state index is 0.0860. The van der Waals surface area contributed by atoms with Crippen molar-refractivity contribution in [1.82, 2.24) is 5.43 Å². The fraction of sp³-hybridized carbons (Fsp3) is 0.235. The minimum atomic E-state index is -1.10. The molecule has 0 atom stereocenters. The molecule has 1 N–H and O–H groups in total. The number of hydrazone groups is 1. The van der Waals surface area contributed by atoms with Gasteiger partial charge in [-0.15, -0.1) is 11.3 Å². The van der Waals surface area contributed by atoms with Crippen molar-refractivity contribution in [1.29, 1.82) is 0 Å². The number of amides is 1. The second-order valence-corrected chi connectivity index (χ2v) is 6.94. The third kappa shape index (κ3) is 5.61. The number of hydrogen-bond acceptors (Lipinski definition) is 7. The summed E-state index contributed by atoms with van der Waals surface area (Å²) in [6.07, 6.45) is 0. The number of aliphatic carboxylic acids is 1. The van der Waals surface area contributed by atoms with Crippen LogP contribution in [0.3, 0.4) is 0 Å². The SMILES string of the molecule is COc1ccc(/C(C)=N\NC(=O)c2cccs2)cc1CSCC(=O)[O-]. The third-order valence-corrected chi connectivity index (χ3v) is 5.07. The first-order valence-corrected chi connectivity index (χ1v) is 9.37. The smallest absolute Gasteiger partial charge is 0.281 e. The number of ether oxygens (including phenoxy) is 1. The Morgan fingerprint density at radius 2 is 2.16 bits per heavy atom. The highest BCUT2D eigenvalue weighted by atomic mass is 32.2. The van der Waals surface area contributed by atoms with Crippen LogP contribution in [0.15, 0.2) is 40.8 Å². The standard InChI is InChI=1S/C17H18N2O4S2/c1-11(18-19-17(22)15-4-3-7-25-15)12-5-6-14(23-2)13(8-12)9-24-10-16(20)21/h3-8H,9-10H2,1-2H3,(H,19,22)(H,20,21)/p-1/b18-11-. The van der Waals surface area contributed by atoms with Gasteiger partial charge in [-0.3, -0.25) is 4.79 Å². The molecular formula is C17H17N2O4S2-. The lowest BCUT2D eigenvalue weighted by molar-refractivity contribution is -0.301. The molecule has 6 nitrogen and oxygen atoms in total. The van der Waals surface area contributed by atoms with Crippen LogP contribution in [0.5, 0.6) is 5.75 Å². The summed E-state index contributed by atoms with van der Waals surface area (Å²) in [5, 5.41) is 16.5. The van der Waals surface area contributed by atoms with Crippen LogP contribution in [0.25, 0.3) is 0 Å². The van der Waals surface area contributed by atoms with Crippen molar-refractivity contribution in [2.45, 2.75) is 12.7 Å². The van der Waals surface area contributed by atoms with E-state index in [1.54, 1.807) is 32.2 Å². The second kappa shape index (κ2) is 9.24. The molecule has 0 aliphatic rings.